The number of aryl methyl sites for hydroxylation is 1. The van der Waals surface area contributed by atoms with Crippen LogP contribution in [0.1, 0.15) is 25.1 Å². The summed E-state index contributed by atoms with van der Waals surface area (Å²) in [6.45, 7) is 5.96. The van der Waals surface area contributed by atoms with E-state index in [2.05, 4.69) is 32.9 Å². The van der Waals surface area contributed by atoms with Crippen LogP contribution in [0, 0.1) is 0 Å². The van der Waals surface area contributed by atoms with E-state index in [1.165, 1.54) is 0 Å². The number of halogens is 1. The second-order valence-electron chi connectivity index (χ2n) is 4.74. The Morgan fingerprint density at radius 1 is 1.67 bits per heavy atom. The van der Waals surface area contributed by atoms with Crippen molar-refractivity contribution < 1.29 is 4.74 Å². The fraction of sp³-hybridized carbons (Fsp3) is 0.750. The Kier molecular flexibility index (Phi) is 4.77. The fourth-order valence-electron chi connectivity index (χ4n) is 2.44. The first-order valence-corrected chi connectivity index (χ1v) is 7.19. The Morgan fingerprint density at radius 2 is 2.44 bits per heavy atom. The highest BCUT2D eigenvalue weighted by molar-refractivity contribution is 9.10. The van der Waals surface area contributed by atoms with E-state index < -0.39 is 0 Å². The van der Waals surface area contributed by atoms with Gasteiger partial charge >= 0.3 is 0 Å². The van der Waals surface area contributed by atoms with Gasteiger partial charge in [-0.1, -0.05) is 6.92 Å². The van der Waals surface area contributed by atoms with Crippen LogP contribution >= 0.6 is 15.9 Å². The molecule has 1 aromatic rings. The van der Waals surface area contributed by atoms with Crippen molar-refractivity contribution in [2.45, 2.75) is 25.5 Å². The summed E-state index contributed by atoms with van der Waals surface area (Å²) in [5, 5.41) is 4.21. The first-order chi connectivity index (χ1) is 8.63. The van der Waals surface area contributed by atoms with E-state index in [1.807, 2.05) is 11.7 Å². The van der Waals surface area contributed by atoms with Crippen LogP contribution in [0.5, 0.6) is 0 Å². The number of ether oxygens (including phenoxy) is 1. The molecule has 0 aromatic carbocycles. The average Bonchev–Trinajstić information content (AvgIpc) is 2.69. The zero-order valence-corrected chi connectivity index (χ0v) is 12.6. The van der Waals surface area contributed by atoms with Gasteiger partial charge < -0.3 is 10.5 Å². The van der Waals surface area contributed by atoms with Crippen molar-refractivity contribution in [2.75, 3.05) is 26.2 Å². The molecule has 2 N–H and O–H groups in total. The summed E-state index contributed by atoms with van der Waals surface area (Å²) in [6, 6.07) is -0.147. The van der Waals surface area contributed by atoms with Gasteiger partial charge in [-0.3, -0.25) is 9.58 Å². The van der Waals surface area contributed by atoms with Gasteiger partial charge in [0.1, 0.15) is 0 Å². The largest absolute Gasteiger partial charge is 0.374 e. The zero-order chi connectivity index (χ0) is 13.1. The van der Waals surface area contributed by atoms with E-state index in [0.717, 1.165) is 42.8 Å². The summed E-state index contributed by atoms with van der Waals surface area (Å²) >= 11 is 3.50. The molecule has 0 spiro atoms. The van der Waals surface area contributed by atoms with Crippen LogP contribution in [0.25, 0.3) is 0 Å². The molecular weight excluding hydrogens is 296 g/mol. The average molecular weight is 317 g/mol. The molecule has 2 unspecified atom stereocenters. The van der Waals surface area contributed by atoms with Gasteiger partial charge in [0.15, 0.2) is 0 Å². The molecule has 2 heterocycles. The van der Waals surface area contributed by atoms with E-state index in [1.54, 1.807) is 6.20 Å². The molecule has 0 amide bonds. The first kappa shape index (κ1) is 14.0. The third kappa shape index (κ3) is 2.93. The summed E-state index contributed by atoms with van der Waals surface area (Å²) in [5.74, 6) is 0. The molecule has 0 aliphatic carbocycles. The Morgan fingerprint density at radius 3 is 3.06 bits per heavy atom. The van der Waals surface area contributed by atoms with Crippen molar-refractivity contribution in [3.8, 4) is 0 Å². The maximum Gasteiger partial charge on any atom is 0.0910 e. The molecule has 5 nitrogen and oxygen atoms in total. The molecule has 2 atom stereocenters. The number of morpholine rings is 1. The summed E-state index contributed by atoms with van der Waals surface area (Å²) in [7, 11) is 1.91. The number of aromatic nitrogens is 2. The molecule has 0 bridgehead atoms. The number of hydrogen-bond donors (Lipinski definition) is 1. The molecule has 1 aliphatic heterocycles. The molecule has 1 saturated heterocycles. The lowest BCUT2D eigenvalue weighted by Gasteiger charge is -2.35. The van der Waals surface area contributed by atoms with Crippen LogP contribution in [0.15, 0.2) is 10.7 Å². The smallest absolute Gasteiger partial charge is 0.0910 e. The molecule has 0 radical (unpaired) electrons. The molecule has 2 rings (SSSR count). The van der Waals surface area contributed by atoms with Crippen LogP contribution in [-0.2, 0) is 11.8 Å². The van der Waals surface area contributed by atoms with Gasteiger partial charge in [-0.2, -0.15) is 5.10 Å². The molecule has 1 fully saturated rings. The van der Waals surface area contributed by atoms with Crippen LogP contribution in [0.3, 0.4) is 0 Å². The number of hydrogen-bond acceptors (Lipinski definition) is 4. The van der Waals surface area contributed by atoms with Crippen molar-refractivity contribution in [2.24, 2.45) is 12.8 Å². The number of rotatable bonds is 4. The maximum atomic E-state index is 6.33. The standard InChI is InChI=1S/C12H21BrN4O/c1-3-4-17-5-6-18-10(8-17)11(14)12-9(13)7-15-16(12)2/h7,10-11H,3-6,8,14H2,1-2H3. The molecule has 18 heavy (non-hydrogen) atoms. The molecular formula is C12H21BrN4O. The molecule has 6 heteroatoms. The van der Waals surface area contributed by atoms with Gasteiger partial charge in [-0.05, 0) is 28.9 Å². The summed E-state index contributed by atoms with van der Waals surface area (Å²) < 4.78 is 8.59. The third-order valence-electron chi connectivity index (χ3n) is 3.37. The van der Waals surface area contributed by atoms with E-state index in [9.17, 15) is 0 Å². The topological polar surface area (TPSA) is 56.3 Å². The number of nitrogens with two attached hydrogens (primary N) is 1. The van der Waals surface area contributed by atoms with Crippen LogP contribution in [-0.4, -0.2) is 47.0 Å². The highest BCUT2D eigenvalue weighted by Gasteiger charge is 2.29. The summed E-state index contributed by atoms with van der Waals surface area (Å²) in [5.41, 5.74) is 7.33. The lowest BCUT2D eigenvalue weighted by Crippen LogP contribution is -2.47. The highest BCUT2D eigenvalue weighted by atomic mass is 79.9. The van der Waals surface area contributed by atoms with E-state index in [0.29, 0.717) is 0 Å². The van der Waals surface area contributed by atoms with Crippen molar-refractivity contribution in [1.29, 1.82) is 0 Å². The van der Waals surface area contributed by atoms with Crippen molar-refractivity contribution in [3.63, 3.8) is 0 Å². The Hall–Kier alpha value is -0.430. The van der Waals surface area contributed by atoms with Crippen molar-refractivity contribution in [3.05, 3.63) is 16.4 Å². The van der Waals surface area contributed by atoms with Crippen molar-refractivity contribution in [1.82, 2.24) is 14.7 Å². The summed E-state index contributed by atoms with van der Waals surface area (Å²) in [6.07, 6.45) is 2.98. The lowest BCUT2D eigenvalue weighted by atomic mass is 10.1. The lowest BCUT2D eigenvalue weighted by molar-refractivity contribution is -0.0419. The predicted octanol–water partition coefficient (Wildman–Crippen LogP) is 1.29. The zero-order valence-electron chi connectivity index (χ0n) is 11.0. The van der Waals surface area contributed by atoms with Gasteiger partial charge in [0, 0.05) is 20.1 Å². The van der Waals surface area contributed by atoms with Crippen LogP contribution in [0.4, 0.5) is 0 Å². The molecule has 1 aromatic heterocycles. The first-order valence-electron chi connectivity index (χ1n) is 6.40. The summed E-state index contributed by atoms with van der Waals surface area (Å²) in [4.78, 5) is 2.41. The molecule has 1 aliphatic rings. The monoisotopic (exact) mass is 316 g/mol. The second-order valence-corrected chi connectivity index (χ2v) is 5.59. The van der Waals surface area contributed by atoms with E-state index in [-0.39, 0.29) is 12.1 Å². The highest BCUT2D eigenvalue weighted by Crippen LogP contribution is 2.26. The Labute approximate surface area is 116 Å². The Balaban J connectivity index is 2.06. The third-order valence-corrected chi connectivity index (χ3v) is 3.98. The Bertz CT molecular complexity index is 374. The fourth-order valence-corrected chi connectivity index (χ4v) is 3.05. The normalized spacial score (nSPS) is 23.2. The van der Waals surface area contributed by atoms with Crippen LogP contribution < -0.4 is 5.73 Å². The van der Waals surface area contributed by atoms with Crippen molar-refractivity contribution >= 4 is 15.9 Å². The second kappa shape index (κ2) is 6.14. The van der Waals surface area contributed by atoms with Gasteiger partial charge in [0.2, 0.25) is 0 Å². The number of nitrogens with zero attached hydrogens (tertiary/aromatic N) is 3. The van der Waals surface area contributed by atoms with E-state index in [4.69, 9.17) is 10.5 Å². The van der Waals surface area contributed by atoms with Crippen LogP contribution in [0.2, 0.25) is 0 Å². The maximum absolute atomic E-state index is 6.33. The predicted molar refractivity (Wildman–Crippen MR) is 74.3 cm³/mol. The van der Waals surface area contributed by atoms with Gasteiger partial charge in [0.05, 0.1) is 35.1 Å². The minimum atomic E-state index is -0.147. The van der Waals surface area contributed by atoms with Gasteiger partial charge in [-0.25, -0.2) is 0 Å². The van der Waals surface area contributed by atoms with Gasteiger partial charge in [0.25, 0.3) is 0 Å². The molecule has 102 valence electrons. The quantitative estimate of drug-likeness (QED) is 0.909. The van der Waals surface area contributed by atoms with E-state index >= 15 is 0 Å². The molecule has 0 saturated carbocycles. The van der Waals surface area contributed by atoms with Gasteiger partial charge in [-0.15, -0.1) is 0 Å². The SMILES string of the molecule is CCCN1CCOC(C(N)c2c(Br)cnn2C)C1. The minimum absolute atomic E-state index is 0.0389. The minimum Gasteiger partial charge on any atom is -0.374 e.